The zero-order valence-corrected chi connectivity index (χ0v) is 13.0. The minimum Gasteiger partial charge on any atom is -0.147 e. The van der Waals surface area contributed by atoms with Crippen LogP contribution >= 0.6 is 54.8 Å². The van der Waals surface area contributed by atoms with Crippen molar-refractivity contribution in [2.24, 2.45) is 0 Å². The lowest BCUT2D eigenvalue weighted by molar-refractivity contribution is 0.965. The molecule has 0 aliphatic heterocycles. The van der Waals surface area contributed by atoms with Crippen molar-refractivity contribution in [3.8, 4) is 0 Å². The summed E-state index contributed by atoms with van der Waals surface area (Å²) in [5.41, 5.74) is 1.17. The number of thiophene rings is 1. The molecule has 0 aliphatic rings. The van der Waals surface area contributed by atoms with Gasteiger partial charge < -0.3 is 0 Å². The first-order chi connectivity index (χ1) is 7.68. The van der Waals surface area contributed by atoms with Gasteiger partial charge in [-0.25, -0.2) is 0 Å². The summed E-state index contributed by atoms with van der Waals surface area (Å²) in [6, 6.07) is 10.0. The third-order valence-corrected chi connectivity index (χ3v) is 5.72. The van der Waals surface area contributed by atoms with Gasteiger partial charge in [-0.1, -0.05) is 45.7 Å². The van der Waals surface area contributed by atoms with Crippen molar-refractivity contribution in [1.82, 2.24) is 0 Å². The van der Waals surface area contributed by atoms with Crippen LogP contribution in [-0.4, -0.2) is 0 Å². The number of rotatable bonds is 3. The summed E-state index contributed by atoms with van der Waals surface area (Å²) < 4.78 is 1.16. The second-order valence-corrected chi connectivity index (χ2v) is 6.71. The molecule has 0 fully saturated rings. The van der Waals surface area contributed by atoms with Crippen molar-refractivity contribution >= 4 is 54.8 Å². The van der Waals surface area contributed by atoms with Crippen LogP contribution in [0.2, 0.25) is 5.02 Å². The lowest BCUT2D eigenvalue weighted by Gasteiger charge is -2.10. The first-order valence-electron chi connectivity index (χ1n) is 4.79. The lowest BCUT2D eigenvalue weighted by Crippen LogP contribution is -1.94. The van der Waals surface area contributed by atoms with Crippen LogP contribution in [0, 0.1) is 0 Å². The summed E-state index contributed by atoms with van der Waals surface area (Å²) in [5.74, 6) is 0. The van der Waals surface area contributed by atoms with E-state index in [2.05, 4.69) is 49.4 Å². The second-order valence-electron chi connectivity index (χ2n) is 3.40. The van der Waals surface area contributed by atoms with Crippen LogP contribution in [0.3, 0.4) is 0 Å². The van der Waals surface area contributed by atoms with E-state index in [1.165, 1.54) is 10.4 Å². The predicted molar refractivity (Wildman–Crippen MR) is 78.8 cm³/mol. The molecule has 0 aliphatic carbocycles. The first kappa shape index (κ1) is 12.6. The Morgan fingerprint density at radius 3 is 2.62 bits per heavy atom. The maximum Gasteiger partial charge on any atom is 0.0541 e. The summed E-state index contributed by atoms with van der Waals surface area (Å²) >= 11 is 15.1. The van der Waals surface area contributed by atoms with E-state index in [1.807, 2.05) is 18.2 Å². The maximum atomic E-state index is 6.14. The number of hydrogen-bond donors (Lipinski definition) is 0. The van der Waals surface area contributed by atoms with Gasteiger partial charge in [0.2, 0.25) is 0 Å². The van der Waals surface area contributed by atoms with E-state index in [0.717, 1.165) is 15.9 Å². The Kier molecular flexibility index (Phi) is 4.48. The van der Waals surface area contributed by atoms with E-state index in [4.69, 9.17) is 11.6 Å². The Balaban J connectivity index is 2.17. The SMILES string of the molecule is Clc1ccccc1CC(Br)c1sccc1Br. The standard InChI is InChI=1S/C12H9Br2ClS/c13-9-5-6-16-12(9)10(14)7-8-3-1-2-4-11(8)15/h1-6,10H,7H2. The molecule has 1 unspecified atom stereocenters. The summed E-state index contributed by atoms with van der Waals surface area (Å²) in [5, 5.41) is 2.92. The van der Waals surface area contributed by atoms with Gasteiger partial charge >= 0.3 is 0 Å². The summed E-state index contributed by atoms with van der Waals surface area (Å²) in [6.07, 6.45) is 0.902. The van der Waals surface area contributed by atoms with Crippen LogP contribution < -0.4 is 0 Å². The van der Waals surface area contributed by atoms with Crippen molar-refractivity contribution in [3.05, 3.63) is 55.6 Å². The molecule has 2 rings (SSSR count). The highest BCUT2D eigenvalue weighted by atomic mass is 79.9. The fourth-order valence-electron chi connectivity index (χ4n) is 1.48. The number of halogens is 3. The molecule has 4 heteroatoms. The van der Waals surface area contributed by atoms with Crippen molar-refractivity contribution in [2.75, 3.05) is 0 Å². The molecule has 0 saturated carbocycles. The normalized spacial score (nSPS) is 12.7. The van der Waals surface area contributed by atoms with Gasteiger partial charge in [-0.15, -0.1) is 11.3 Å². The largest absolute Gasteiger partial charge is 0.147 e. The summed E-state index contributed by atoms with van der Waals surface area (Å²) in [4.78, 5) is 1.61. The number of hydrogen-bond acceptors (Lipinski definition) is 1. The monoisotopic (exact) mass is 378 g/mol. The molecule has 2 aromatic rings. The summed E-state index contributed by atoms with van der Waals surface area (Å²) in [6.45, 7) is 0. The third kappa shape index (κ3) is 2.89. The van der Waals surface area contributed by atoms with E-state index in [0.29, 0.717) is 4.83 Å². The lowest BCUT2D eigenvalue weighted by atomic mass is 10.1. The Morgan fingerprint density at radius 2 is 2.00 bits per heavy atom. The maximum absolute atomic E-state index is 6.14. The van der Waals surface area contributed by atoms with Crippen LogP contribution in [0.25, 0.3) is 0 Å². The van der Waals surface area contributed by atoms with Crippen molar-refractivity contribution in [1.29, 1.82) is 0 Å². The summed E-state index contributed by atoms with van der Waals surface area (Å²) in [7, 11) is 0. The molecule has 0 spiro atoms. The molecule has 1 heterocycles. The molecule has 1 aromatic carbocycles. The highest BCUT2D eigenvalue weighted by Crippen LogP contribution is 2.37. The Hall–Kier alpha value is 0.170. The molecule has 0 saturated heterocycles. The average molecular weight is 381 g/mol. The van der Waals surface area contributed by atoms with Gasteiger partial charge in [-0.05, 0) is 45.4 Å². The van der Waals surface area contributed by atoms with Crippen LogP contribution in [0.5, 0.6) is 0 Å². The Morgan fingerprint density at radius 1 is 1.25 bits per heavy atom. The van der Waals surface area contributed by atoms with Gasteiger partial charge in [0.1, 0.15) is 0 Å². The molecule has 1 aromatic heterocycles. The Bertz CT molecular complexity index is 481. The average Bonchev–Trinajstić information content (AvgIpc) is 2.68. The molecule has 0 radical (unpaired) electrons. The zero-order valence-electron chi connectivity index (χ0n) is 8.29. The molecule has 0 nitrogen and oxygen atoms in total. The molecule has 0 amide bonds. The predicted octanol–water partition coefficient (Wildman–Crippen LogP) is 5.84. The van der Waals surface area contributed by atoms with E-state index in [-0.39, 0.29) is 0 Å². The van der Waals surface area contributed by atoms with Gasteiger partial charge in [-0.2, -0.15) is 0 Å². The first-order valence-corrected chi connectivity index (χ1v) is 7.75. The van der Waals surface area contributed by atoms with E-state index < -0.39 is 0 Å². The van der Waals surface area contributed by atoms with Crippen LogP contribution in [0.15, 0.2) is 40.2 Å². The third-order valence-electron chi connectivity index (χ3n) is 2.29. The minimum atomic E-state index is 0.307. The van der Waals surface area contributed by atoms with E-state index in [1.54, 1.807) is 11.3 Å². The highest BCUT2D eigenvalue weighted by molar-refractivity contribution is 9.11. The minimum absolute atomic E-state index is 0.307. The number of benzene rings is 1. The highest BCUT2D eigenvalue weighted by Gasteiger charge is 2.14. The molecule has 0 bridgehead atoms. The molecular formula is C12H9Br2ClS. The Labute approximate surface area is 121 Å². The number of alkyl halides is 1. The van der Waals surface area contributed by atoms with Crippen molar-refractivity contribution in [2.45, 2.75) is 11.2 Å². The van der Waals surface area contributed by atoms with Gasteiger partial charge in [0.15, 0.2) is 0 Å². The van der Waals surface area contributed by atoms with Crippen LogP contribution in [-0.2, 0) is 6.42 Å². The second kappa shape index (κ2) is 5.67. The van der Waals surface area contributed by atoms with Gasteiger partial charge in [0, 0.05) is 14.4 Å². The van der Waals surface area contributed by atoms with Gasteiger partial charge in [-0.3, -0.25) is 0 Å². The van der Waals surface area contributed by atoms with Gasteiger partial charge in [0.05, 0.1) is 4.83 Å². The topological polar surface area (TPSA) is 0 Å². The van der Waals surface area contributed by atoms with Gasteiger partial charge in [0.25, 0.3) is 0 Å². The molecular weight excluding hydrogens is 371 g/mol. The quantitative estimate of drug-likeness (QED) is 0.587. The van der Waals surface area contributed by atoms with Crippen molar-refractivity contribution < 1.29 is 0 Å². The van der Waals surface area contributed by atoms with Crippen molar-refractivity contribution in [3.63, 3.8) is 0 Å². The van der Waals surface area contributed by atoms with Crippen LogP contribution in [0.4, 0.5) is 0 Å². The molecule has 16 heavy (non-hydrogen) atoms. The fraction of sp³-hybridized carbons (Fsp3) is 0.167. The van der Waals surface area contributed by atoms with E-state index in [9.17, 15) is 0 Å². The fourth-order valence-corrected chi connectivity index (χ4v) is 4.54. The molecule has 0 N–H and O–H groups in total. The zero-order chi connectivity index (χ0) is 11.5. The molecule has 84 valence electrons. The van der Waals surface area contributed by atoms with E-state index >= 15 is 0 Å². The molecule has 1 atom stereocenters. The van der Waals surface area contributed by atoms with Crippen LogP contribution in [0.1, 0.15) is 15.3 Å². The smallest absolute Gasteiger partial charge is 0.0541 e.